The second-order valence-electron chi connectivity index (χ2n) is 6.31. The molecule has 0 radical (unpaired) electrons. The molecule has 0 bridgehead atoms. The number of rotatable bonds is 7. The molecule has 2 amide bonds. The van der Waals surface area contributed by atoms with Gasteiger partial charge >= 0.3 is 0 Å². The maximum Gasteiger partial charge on any atom is 0.224 e. The maximum absolute atomic E-state index is 12.1. The number of amides is 2. The second kappa shape index (κ2) is 9.02. The van der Waals surface area contributed by atoms with Crippen molar-refractivity contribution in [2.75, 3.05) is 13.1 Å². The summed E-state index contributed by atoms with van der Waals surface area (Å²) in [5.41, 5.74) is 3.25. The van der Waals surface area contributed by atoms with Crippen molar-refractivity contribution in [2.45, 2.75) is 33.2 Å². The van der Waals surface area contributed by atoms with E-state index < -0.39 is 0 Å². The summed E-state index contributed by atoms with van der Waals surface area (Å²) in [6.45, 7) is 6.53. The summed E-state index contributed by atoms with van der Waals surface area (Å²) in [6.07, 6.45) is 0.356. The standard InChI is InChI=1S/C21H26N2O2/c1-16-9-11-19(12-10-16)15-21(25)22-13-14-23(18(3)24)17(2)20-7-5-4-6-8-20/h4-12,17H,13-15H2,1-3H3,(H,22,25). The molecule has 0 heterocycles. The number of aryl methyl sites for hydroxylation is 1. The lowest BCUT2D eigenvalue weighted by atomic mass is 10.1. The smallest absolute Gasteiger partial charge is 0.224 e. The van der Waals surface area contributed by atoms with Crippen LogP contribution in [0.25, 0.3) is 0 Å². The lowest BCUT2D eigenvalue weighted by molar-refractivity contribution is -0.131. The lowest BCUT2D eigenvalue weighted by Crippen LogP contribution is -2.39. The Morgan fingerprint density at radius 3 is 2.28 bits per heavy atom. The van der Waals surface area contributed by atoms with Crippen molar-refractivity contribution in [3.8, 4) is 0 Å². The normalized spacial score (nSPS) is 11.6. The number of hydrogen-bond acceptors (Lipinski definition) is 2. The van der Waals surface area contributed by atoms with Gasteiger partial charge in [-0.2, -0.15) is 0 Å². The first-order valence-corrected chi connectivity index (χ1v) is 8.62. The van der Waals surface area contributed by atoms with Crippen LogP contribution < -0.4 is 5.32 Å². The molecule has 25 heavy (non-hydrogen) atoms. The molecular formula is C21H26N2O2. The number of benzene rings is 2. The van der Waals surface area contributed by atoms with E-state index in [4.69, 9.17) is 0 Å². The molecule has 0 aliphatic carbocycles. The average Bonchev–Trinajstić information content (AvgIpc) is 2.60. The third-order valence-corrected chi connectivity index (χ3v) is 4.31. The van der Waals surface area contributed by atoms with Crippen molar-refractivity contribution in [1.82, 2.24) is 10.2 Å². The molecule has 0 aromatic heterocycles. The first-order chi connectivity index (χ1) is 12.0. The van der Waals surface area contributed by atoms with E-state index in [0.29, 0.717) is 19.5 Å². The van der Waals surface area contributed by atoms with Crippen LogP contribution in [0.4, 0.5) is 0 Å². The molecule has 0 spiro atoms. The summed E-state index contributed by atoms with van der Waals surface area (Å²) in [5.74, 6) is -0.0242. The Balaban J connectivity index is 1.85. The van der Waals surface area contributed by atoms with Gasteiger partial charge in [-0.25, -0.2) is 0 Å². The summed E-state index contributed by atoms with van der Waals surface area (Å²) in [4.78, 5) is 25.8. The fourth-order valence-electron chi connectivity index (χ4n) is 2.80. The van der Waals surface area contributed by atoms with Crippen LogP contribution in [0.3, 0.4) is 0 Å². The zero-order valence-corrected chi connectivity index (χ0v) is 15.2. The van der Waals surface area contributed by atoms with Gasteiger partial charge in [0.2, 0.25) is 11.8 Å². The zero-order chi connectivity index (χ0) is 18.2. The topological polar surface area (TPSA) is 49.4 Å². The van der Waals surface area contributed by atoms with Crippen LogP contribution in [0.2, 0.25) is 0 Å². The molecule has 0 fully saturated rings. The minimum atomic E-state index is -0.0280. The van der Waals surface area contributed by atoms with Crippen LogP contribution in [0.1, 0.15) is 36.6 Å². The van der Waals surface area contributed by atoms with E-state index in [-0.39, 0.29) is 17.9 Å². The van der Waals surface area contributed by atoms with E-state index >= 15 is 0 Å². The SMILES string of the molecule is CC(=O)N(CCNC(=O)Cc1ccc(C)cc1)C(C)c1ccccc1. The molecule has 0 aliphatic heterocycles. The van der Waals surface area contributed by atoms with Crippen molar-refractivity contribution < 1.29 is 9.59 Å². The Bertz CT molecular complexity index is 696. The highest BCUT2D eigenvalue weighted by atomic mass is 16.2. The Morgan fingerprint density at radius 1 is 1.04 bits per heavy atom. The van der Waals surface area contributed by atoms with Gasteiger partial charge < -0.3 is 10.2 Å². The van der Waals surface area contributed by atoms with E-state index in [2.05, 4.69) is 5.32 Å². The molecule has 1 unspecified atom stereocenters. The molecule has 2 aromatic carbocycles. The highest BCUT2D eigenvalue weighted by Gasteiger charge is 2.18. The van der Waals surface area contributed by atoms with Crippen LogP contribution in [-0.4, -0.2) is 29.8 Å². The summed E-state index contributed by atoms with van der Waals surface area (Å²) < 4.78 is 0. The molecule has 132 valence electrons. The highest BCUT2D eigenvalue weighted by Crippen LogP contribution is 2.19. The maximum atomic E-state index is 12.1. The van der Waals surface area contributed by atoms with Gasteiger partial charge in [-0.05, 0) is 25.0 Å². The van der Waals surface area contributed by atoms with E-state index in [1.165, 1.54) is 5.56 Å². The summed E-state index contributed by atoms with van der Waals surface area (Å²) in [6, 6.07) is 17.8. The predicted molar refractivity (Wildman–Crippen MR) is 100 cm³/mol. The first kappa shape index (κ1) is 18.7. The van der Waals surface area contributed by atoms with E-state index in [9.17, 15) is 9.59 Å². The predicted octanol–water partition coefficient (Wildman–Crippen LogP) is 3.26. The fourth-order valence-corrected chi connectivity index (χ4v) is 2.80. The number of nitrogens with one attached hydrogen (secondary N) is 1. The largest absolute Gasteiger partial charge is 0.354 e. The van der Waals surface area contributed by atoms with Crippen molar-refractivity contribution in [2.24, 2.45) is 0 Å². The third kappa shape index (κ3) is 5.75. The van der Waals surface area contributed by atoms with Crippen LogP contribution in [0.15, 0.2) is 54.6 Å². The fraction of sp³-hybridized carbons (Fsp3) is 0.333. The monoisotopic (exact) mass is 338 g/mol. The van der Waals surface area contributed by atoms with Crippen molar-refractivity contribution in [3.05, 3.63) is 71.3 Å². The molecule has 2 rings (SSSR count). The number of carbonyl (C=O) groups excluding carboxylic acids is 2. The molecule has 4 heteroatoms. The summed E-state index contributed by atoms with van der Waals surface area (Å²) in [5, 5.41) is 2.90. The molecule has 2 aromatic rings. The summed E-state index contributed by atoms with van der Waals surface area (Å²) >= 11 is 0. The molecule has 0 saturated carbocycles. The van der Waals surface area contributed by atoms with Crippen molar-refractivity contribution in [1.29, 1.82) is 0 Å². The van der Waals surface area contributed by atoms with Crippen LogP contribution >= 0.6 is 0 Å². The number of hydrogen-bond donors (Lipinski definition) is 1. The van der Waals surface area contributed by atoms with Crippen LogP contribution in [0.5, 0.6) is 0 Å². The Labute approximate surface area is 149 Å². The van der Waals surface area contributed by atoms with Crippen molar-refractivity contribution in [3.63, 3.8) is 0 Å². The van der Waals surface area contributed by atoms with Crippen molar-refractivity contribution >= 4 is 11.8 Å². The Morgan fingerprint density at radius 2 is 1.68 bits per heavy atom. The first-order valence-electron chi connectivity index (χ1n) is 8.62. The van der Waals surface area contributed by atoms with Gasteiger partial charge in [0.15, 0.2) is 0 Å². The van der Waals surface area contributed by atoms with Gasteiger partial charge in [-0.15, -0.1) is 0 Å². The molecular weight excluding hydrogens is 312 g/mol. The molecule has 1 atom stereocenters. The van der Waals surface area contributed by atoms with Crippen LogP contribution in [-0.2, 0) is 16.0 Å². The second-order valence-corrected chi connectivity index (χ2v) is 6.31. The van der Waals surface area contributed by atoms with Gasteiger partial charge in [-0.3, -0.25) is 9.59 Å². The van der Waals surface area contributed by atoms with Gasteiger partial charge in [0.1, 0.15) is 0 Å². The Kier molecular flexibility index (Phi) is 6.75. The highest BCUT2D eigenvalue weighted by molar-refractivity contribution is 5.78. The quantitative estimate of drug-likeness (QED) is 0.842. The number of nitrogens with zero attached hydrogens (tertiary/aromatic N) is 1. The third-order valence-electron chi connectivity index (χ3n) is 4.31. The van der Waals surface area contributed by atoms with Gasteiger partial charge in [0, 0.05) is 20.0 Å². The zero-order valence-electron chi connectivity index (χ0n) is 15.2. The Hall–Kier alpha value is -2.62. The van der Waals surface area contributed by atoms with Gasteiger partial charge in [0.05, 0.1) is 12.5 Å². The molecule has 4 nitrogen and oxygen atoms in total. The van der Waals surface area contributed by atoms with E-state index in [1.54, 1.807) is 11.8 Å². The average molecular weight is 338 g/mol. The minimum Gasteiger partial charge on any atom is -0.354 e. The van der Waals surface area contributed by atoms with Gasteiger partial charge in [0.25, 0.3) is 0 Å². The minimum absolute atomic E-state index is 0.00383. The number of carbonyl (C=O) groups is 2. The molecule has 0 aliphatic rings. The van der Waals surface area contributed by atoms with E-state index in [0.717, 1.165) is 11.1 Å². The lowest BCUT2D eigenvalue weighted by Gasteiger charge is -2.28. The van der Waals surface area contributed by atoms with Gasteiger partial charge in [-0.1, -0.05) is 60.2 Å². The van der Waals surface area contributed by atoms with Crippen LogP contribution in [0, 0.1) is 6.92 Å². The molecule has 0 saturated heterocycles. The molecule has 1 N–H and O–H groups in total. The van der Waals surface area contributed by atoms with E-state index in [1.807, 2.05) is 68.4 Å². The summed E-state index contributed by atoms with van der Waals surface area (Å²) in [7, 11) is 0.